The van der Waals surface area contributed by atoms with Crippen LogP contribution < -0.4 is 0 Å². The third kappa shape index (κ3) is 2.76. The normalized spacial score (nSPS) is 19.2. The van der Waals surface area contributed by atoms with E-state index in [1.165, 1.54) is 0 Å². The number of rotatable bonds is 5. The summed E-state index contributed by atoms with van der Waals surface area (Å²) in [5, 5.41) is 9.85. The molecule has 0 aliphatic rings. The maximum atomic E-state index is 9.85. The van der Waals surface area contributed by atoms with E-state index in [0.717, 1.165) is 6.42 Å². The molecule has 0 aliphatic heterocycles. The monoisotopic (exact) mass is 174 g/mol. The quantitative estimate of drug-likeness (QED) is 0.692. The third-order valence-corrected chi connectivity index (χ3v) is 2.43. The second kappa shape index (κ2) is 4.83. The molecule has 1 N–H and O–H groups in total. The number of aliphatic hydroxyl groups is 1. The van der Waals surface area contributed by atoms with Gasteiger partial charge in [0, 0.05) is 6.61 Å². The van der Waals surface area contributed by atoms with E-state index in [1.54, 1.807) is 0 Å². The van der Waals surface area contributed by atoms with Crippen LogP contribution in [0, 0.1) is 5.92 Å². The predicted octanol–water partition coefficient (Wildman–Crippen LogP) is 2.21. The Morgan fingerprint density at radius 1 is 1.33 bits per heavy atom. The molecule has 2 nitrogen and oxygen atoms in total. The van der Waals surface area contributed by atoms with Gasteiger partial charge in [0.05, 0.1) is 11.7 Å². The fourth-order valence-electron chi connectivity index (χ4n) is 1.43. The van der Waals surface area contributed by atoms with Gasteiger partial charge in [-0.25, -0.2) is 0 Å². The summed E-state index contributed by atoms with van der Waals surface area (Å²) in [7, 11) is 0. The molecule has 0 aromatic heterocycles. The molecule has 2 unspecified atom stereocenters. The molecular formula is C10H22O2. The minimum Gasteiger partial charge on any atom is -0.390 e. The van der Waals surface area contributed by atoms with Crippen LogP contribution in [0.4, 0.5) is 0 Å². The van der Waals surface area contributed by atoms with E-state index < -0.39 is 0 Å². The number of hydrogen-bond acceptors (Lipinski definition) is 2. The van der Waals surface area contributed by atoms with Gasteiger partial charge in [0.2, 0.25) is 0 Å². The molecule has 2 atom stereocenters. The molecule has 0 aromatic carbocycles. The van der Waals surface area contributed by atoms with Crippen LogP contribution in [0.2, 0.25) is 0 Å². The molecule has 0 aromatic rings. The Balaban J connectivity index is 4.28. The summed E-state index contributed by atoms with van der Waals surface area (Å²) in [6.45, 7) is 10.7. The highest BCUT2D eigenvalue weighted by Crippen LogP contribution is 2.24. The van der Waals surface area contributed by atoms with Gasteiger partial charge in [0.15, 0.2) is 0 Å². The molecule has 0 heterocycles. The zero-order valence-corrected chi connectivity index (χ0v) is 8.92. The fourth-order valence-corrected chi connectivity index (χ4v) is 1.43. The lowest BCUT2D eigenvalue weighted by Crippen LogP contribution is -2.44. The molecule has 12 heavy (non-hydrogen) atoms. The van der Waals surface area contributed by atoms with Crippen molar-refractivity contribution in [2.24, 2.45) is 5.92 Å². The lowest BCUT2D eigenvalue weighted by Gasteiger charge is -2.35. The lowest BCUT2D eigenvalue weighted by atomic mass is 9.88. The molecule has 0 bridgehead atoms. The molecule has 0 rings (SSSR count). The molecule has 0 aliphatic carbocycles. The first-order chi connectivity index (χ1) is 5.48. The molecule has 0 saturated heterocycles. The van der Waals surface area contributed by atoms with Crippen LogP contribution in [-0.4, -0.2) is 23.4 Å². The Labute approximate surface area is 75.9 Å². The van der Waals surface area contributed by atoms with Crippen LogP contribution in [0.1, 0.15) is 41.0 Å². The molecule has 2 heteroatoms. The van der Waals surface area contributed by atoms with E-state index in [-0.39, 0.29) is 17.6 Å². The van der Waals surface area contributed by atoms with Gasteiger partial charge in [-0.05, 0) is 26.2 Å². The Morgan fingerprint density at radius 2 is 1.83 bits per heavy atom. The zero-order valence-electron chi connectivity index (χ0n) is 8.92. The van der Waals surface area contributed by atoms with Crippen molar-refractivity contribution in [3.8, 4) is 0 Å². The van der Waals surface area contributed by atoms with E-state index in [1.807, 2.05) is 34.6 Å². The number of ether oxygens (including phenoxy) is 1. The van der Waals surface area contributed by atoms with Crippen molar-refractivity contribution in [2.75, 3.05) is 6.61 Å². The highest BCUT2D eigenvalue weighted by Gasteiger charge is 2.33. The lowest BCUT2D eigenvalue weighted by molar-refractivity contribution is -0.126. The Hall–Kier alpha value is -0.0800. The van der Waals surface area contributed by atoms with Crippen LogP contribution >= 0.6 is 0 Å². The van der Waals surface area contributed by atoms with Crippen molar-refractivity contribution in [1.82, 2.24) is 0 Å². The number of hydrogen-bond donors (Lipinski definition) is 1. The van der Waals surface area contributed by atoms with Crippen LogP contribution in [-0.2, 0) is 4.74 Å². The second-order valence-corrected chi connectivity index (χ2v) is 3.79. The van der Waals surface area contributed by atoms with Gasteiger partial charge < -0.3 is 9.84 Å². The summed E-state index contributed by atoms with van der Waals surface area (Å²) < 4.78 is 5.55. The Kier molecular flexibility index (Phi) is 4.80. The number of aliphatic hydroxyl groups excluding tert-OH is 1. The first-order valence-electron chi connectivity index (χ1n) is 4.80. The molecule has 0 fully saturated rings. The predicted molar refractivity (Wildman–Crippen MR) is 51.2 cm³/mol. The average Bonchev–Trinajstić information content (AvgIpc) is 2.03. The molecule has 0 spiro atoms. The van der Waals surface area contributed by atoms with E-state index in [4.69, 9.17) is 4.74 Å². The summed E-state index contributed by atoms with van der Waals surface area (Å²) in [5.41, 5.74) is -0.372. The van der Waals surface area contributed by atoms with Gasteiger partial charge in [-0.1, -0.05) is 20.8 Å². The van der Waals surface area contributed by atoms with Gasteiger partial charge in [-0.2, -0.15) is 0 Å². The first kappa shape index (κ1) is 11.9. The highest BCUT2D eigenvalue weighted by atomic mass is 16.5. The van der Waals surface area contributed by atoms with Gasteiger partial charge in [0.25, 0.3) is 0 Å². The van der Waals surface area contributed by atoms with Crippen LogP contribution in [0.3, 0.4) is 0 Å². The first-order valence-corrected chi connectivity index (χ1v) is 4.80. The van der Waals surface area contributed by atoms with Gasteiger partial charge in [-0.3, -0.25) is 0 Å². The van der Waals surface area contributed by atoms with Crippen molar-refractivity contribution >= 4 is 0 Å². The second-order valence-electron chi connectivity index (χ2n) is 3.79. The maximum Gasteiger partial charge on any atom is 0.0911 e. The topological polar surface area (TPSA) is 29.5 Å². The van der Waals surface area contributed by atoms with Gasteiger partial charge in [0.1, 0.15) is 0 Å². The molecular weight excluding hydrogens is 152 g/mol. The van der Waals surface area contributed by atoms with Gasteiger partial charge in [-0.15, -0.1) is 0 Å². The smallest absolute Gasteiger partial charge is 0.0911 e. The molecule has 0 saturated carbocycles. The van der Waals surface area contributed by atoms with Gasteiger partial charge >= 0.3 is 0 Å². The summed E-state index contributed by atoms with van der Waals surface area (Å²) in [4.78, 5) is 0. The van der Waals surface area contributed by atoms with E-state index in [0.29, 0.717) is 6.61 Å². The third-order valence-electron chi connectivity index (χ3n) is 2.43. The molecule has 74 valence electrons. The van der Waals surface area contributed by atoms with E-state index in [2.05, 4.69) is 0 Å². The minimum absolute atomic E-state index is 0.251. The maximum absolute atomic E-state index is 9.85. The van der Waals surface area contributed by atoms with Crippen LogP contribution in [0.15, 0.2) is 0 Å². The largest absolute Gasteiger partial charge is 0.390 e. The molecule has 0 amide bonds. The standard InChI is InChI=1S/C10H22O2/c1-6-10(5,12-7-2)9(11)8(3)4/h8-9,11H,6-7H2,1-5H3. The Morgan fingerprint density at radius 3 is 2.08 bits per heavy atom. The SMILES string of the molecule is CCOC(C)(CC)C(O)C(C)C. The van der Waals surface area contributed by atoms with Crippen LogP contribution in [0.5, 0.6) is 0 Å². The van der Waals surface area contributed by atoms with Crippen molar-refractivity contribution in [3.63, 3.8) is 0 Å². The zero-order chi connectivity index (χ0) is 9.78. The fraction of sp³-hybridized carbons (Fsp3) is 1.00. The van der Waals surface area contributed by atoms with Crippen molar-refractivity contribution in [1.29, 1.82) is 0 Å². The van der Waals surface area contributed by atoms with E-state index >= 15 is 0 Å². The highest BCUT2D eigenvalue weighted by molar-refractivity contribution is 4.84. The average molecular weight is 174 g/mol. The summed E-state index contributed by atoms with van der Waals surface area (Å²) in [6, 6.07) is 0. The summed E-state index contributed by atoms with van der Waals surface area (Å²) >= 11 is 0. The molecule has 0 radical (unpaired) electrons. The summed E-state index contributed by atoms with van der Waals surface area (Å²) in [6.07, 6.45) is 0.475. The van der Waals surface area contributed by atoms with Crippen molar-refractivity contribution < 1.29 is 9.84 Å². The van der Waals surface area contributed by atoms with E-state index in [9.17, 15) is 5.11 Å². The van der Waals surface area contributed by atoms with Crippen molar-refractivity contribution in [3.05, 3.63) is 0 Å². The van der Waals surface area contributed by atoms with Crippen LogP contribution in [0.25, 0.3) is 0 Å². The Bertz CT molecular complexity index is 123. The van der Waals surface area contributed by atoms with Crippen molar-refractivity contribution in [2.45, 2.75) is 52.7 Å². The summed E-state index contributed by atoms with van der Waals surface area (Å²) in [5.74, 6) is 0.251. The minimum atomic E-state index is -0.373.